The molecule has 0 radical (unpaired) electrons. The van der Waals surface area contributed by atoms with Crippen LogP contribution in [-0.4, -0.2) is 112 Å². The van der Waals surface area contributed by atoms with Crippen LogP contribution in [0.15, 0.2) is 17.6 Å². The van der Waals surface area contributed by atoms with E-state index in [-0.39, 0.29) is 50.6 Å². The van der Waals surface area contributed by atoms with Crippen LogP contribution in [0.5, 0.6) is 0 Å². The number of hydrogen-bond donors (Lipinski definition) is 3. The van der Waals surface area contributed by atoms with E-state index in [1.165, 1.54) is 15.4 Å². The predicted molar refractivity (Wildman–Crippen MR) is 136 cm³/mol. The van der Waals surface area contributed by atoms with Crippen LogP contribution in [0.25, 0.3) is 0 Å². The van der Waals surface area contributed by atoms with Gasteiger partial charge in [0.15, 0.2) is 12.0 Å². The Labute approximate surface area is 220 Å². The van der Waals surface area contributed by atoms with Crippen molar-refractivity contribution in [3.63, 3.8) is 0 Å². The summed E-state index contributed by atoms with van der Waals surface area (Å²) in [5.74, 6) is -2.62. The topological polar surface area (TPSA) is 163 Å². The van der Waals surface area contributed by atoms with E-state index in [1.807, 2.05) is 0 Å². The number of anilines is 2. The summed E-state index contributed by atoms with van der Waals surface area (Å²) in [5.41, 5.74) is 5.95. The molecule has 0 aliphatic carbocycles. The number of nitrogens with zero attached hydrogens (tertiary/aromatic N) is 5. The Bertz CT molecular complexity index is 1100. The fourth-order valence-corrected chi connectivity index (χ4v) is 7.14. The molecule has 0 spiro atoms. The number of carbonyl (C=O) groups is 1. The van der Waals surface area contributed by atoms with Gasteiger partial charge in [0, 0.05) is 52.5 Å². The SMILES string of the molecule is CN1CC(F)CNC1C(C(=O)Nc1cncc(F)c1N1CCN(S(=O)(=O)C2CCOCC2)CC1)C(N)N=O. The molecule has 0 aromatic carbocycles. The molecule has 3 fully saturated rings. The first-order valence-corrected chi connectivity index (χ1v) is 14.1. The highest BCUT2D eigenvalue weighted by atomic mass is 32.2. The molecule has 16 heteroatoms. The molecule has 4 rings (SSSR count). The normalized spacial score (nSPS) is 26.1. The second-order valence-electron chi connectivity index (χ2n) is 9.76. The molecule has 4 heterocycles. The van der Waals surface area contributed by atoms with Crippen LogP contribution in [0.3, 0.4) is 0 Å². The number of rotatable bonds is 8. The van der Waals surface area contributed by atoms with Gasteiger partial charge >= 0.3 is 0 Å². The maximum atomic E-state index is 15.0. The van der Waals surface area contributed by atoms with Gasteiger partial charge in [-0.1, -0.05) is 5.18 Å². The fraction of sp³-hybridized carbons (Fsp3) is 0.727. The maximum Gasteiger partial charge on any atom is 0.234 e. The lowest BCUT2D eigenvalue weighted by molar-refractivity contribution is -0.124. The summed E-state index contributed by atoms with van der Waals surface area (Å²) in [6.07, 6.45) is -0.235. The lowest BCUT2D eigenvalue weighted by Gasteiger charge is -2.40. The zero-order valence-electron chi connectivity index (χ0n) is 21.1. The van der Waals surface area contributed by atoms with Gasteiger partial charge in [-0.2, -0.15) is 4.31 Å². The molecule has 0 bridgehead atoms. The molecular formula is C22H34F2N8O5S. The van der Waals surface area contributed by atoms with Crippen LogP contribution >= 0.6 is 0 Å². The van der Waals surface area contributed by atoms with E-state index in [9.17, 15) is 22.5 Å². The highest BCUT2D eigenvalue weighted by Gasteiger charge is 2.41. The molecule has 0 saturated carbocycles. The summed E-state index contributed by atoms with van der Waals surface area (Å²) < 4.78 is 61.6. The average Bonchev–Trinajstić information content (AvgIpc) is 2.90. The van der Waals surface area contributed by atoms with E-state index < -0.39 is 51.4 Å². The van der Waals surface area contributed by atoms with Gasteiger partial charge in [-0.25, -0.2) is 17.2 Å². The van der Waals surface area contributed by atoms with Crippen LogP contribution < -0.4 is 21.3 Å². The summed E-state index contributed by atoms with van der Waals surface area (Å²) in [4.78, 5) is 31.6. The number of nitroso groups, excluding NO2 is 1. The number of aromatic nitrogens is 1. The summed E-state index contributed by atoms with van der Waals surface area (Å²) in [5, 5.41) is 7.81. The third-order valence-electron chi connectivity index (χ3n) is 7.28. The van der Waals surface area contributed by atoms with E-state index >= 15 is 4.39 Å². The van der Waals surface area contributed by atoms with Gasteiger partial charge in [0.2, 0.25) is 15.9 Å². The largest absolute Gasteiger partial charge is 0.381 e. The summed E-state index contributed by atoms with van der Waals surface area (Å²) in [6.45, 7) is 1.49. The molecule has 3 aliphatic heterocycles. The minimum absolute atomic E-state index is 0.0286. The van der Waals surface area contributed by atoms with Crippen molar-refractivity contribution in [2.45, 2.75) is 36.6 Å². The van der Waals surface area contributed by atoms with Gasteiger partial charge in [-0.15, -0.1) is 4.91 Å². The number of amides is 1. The Hall–Kier alpha value is -2.37. The van der Waals surface area contributed by atoms with Crippen LogP contribution in [0.1, 0.15) is 12.8 Å². The van der Waals surface area contributed by atoms with Crippen molar-refractivity contribution in [3.05, 3.63) is 23.1 Å². The van der Waals surface area contributed by atoms with Crippen molar-refractivity contribution < 1.29 is 26.7 Å². The number of hydrogen-bond acceptors (Lipinski definition) is 11. The molecular weight excluding hydrogens is 526 g/mol. The lowest BCUT2D eigenvalue weighted by atomic mass is 9.98. The minimum atomic E-state index is -3.52. The van der Waals surface area contributed by atoms with Crippen molar-refractivity contribution >= 4 is 27.3 Å². The first kappa shape index (κ1) is 28.6. The molecule has 4 N–H and O–H groups in total. The Morgan fingerprint density at radius 2 is 1.95 bits per heavy atom. The molecule has 13 nitrogen and oxygen atoms in total. The van der Waals surface area contributed by atoms with E-state index in [1.54, 1.807) is 11.9 Å². The number of sulfonamides is 1. The second kappa shape index (κ2) is 12.2. The van der Waals surface area contributed by atoms with Crippen LogP contribution in [0, 0.1) is 16.6 Å². The zero-order valence-corrected chi connectivity index (χ0v) is 21.9. The van der Waals surface area contributed by atoms with Gasteiger partial charge in [-0.3, -0.25) is 20.0 Å². The van der Waals surface area contributed by atoms with Gasteiger partial charge in [0.05, 0.1) is 29.5 Å². The summed E-state index contributed by atoms with van der Waals surface area (Å²) >= 11 is 0. The number of pyridine rings is 1. The molecule has 3 saturated heterocycles. The highest BCUT2D eigenvalue weighted by molar-refractivity contribution is 7.89. The summed E-state index contributed by atoms with van der Waals surface area (Å²) in [7, 11) is -1.93. The first-order chi connectivity index (χ1) is 18.1. The Kier molecular flexibility index (Phi) is 9.20. The molecule has 4 atom stereocenters. The number of carbonyl (C=O) groups excluding carboxylic acids is 1. The number of nitrogens with one attached hydrogen (secondary N) is 2. The van der Waals surface area contributed by atoms with Crippen molar-refractivity contribution in [1.29, 1.82) is 0 Å². The highest BCUT2D eigenvalue weighted by Crippen LogP contribution is 2.31. The Morgan fingerprint density at radius 1 is 1.26 bits per heavy atom. The monoisotopic (exact) mass is 560 g/mol. The second-order valence-corrected chi connectivity index (χ2v) is 12.0. The maximum absolute atomic E-state index is 15.0. The quantitative estimate of drug-likeness (QED) is 0.359. The molecule has 3 aliphatic rings. The van der Waals surface area contributed by atoms with Crippen molar-refractivity contribution in [1.82, 2.24) is 19.5 Å². The Morgan fingerprint density at radius 3 is 2.58 bits per heavy atom. The van der Waals surface area contributed by atoms with Crippen LogP contribution in [0.4, 0.5) is 20.2 Å². The van der Waals surface area contributed by atoms with E-state index in [0.717, 1.165) is 6.20 Å². The molecule has 38 heavy (non-hydrogen) atoms. The van der Waals surface area contributed by atoms with Gasteiger partial charge in [-0.05, 0) is 19.9 Å². The van der Waals surface area contributed by atoms with E-state index in [2.05, 4.69) is 20.8 Å². The Balaban J connectivity index is 1.49. The zero-order chi connectivity index (χ0) is 27.4. The van der Waals surface area contributed by atoms with Crippen molar-refractivity contribution in [2.24, 2.45) is 16.8 Å². The van der Waals surface area contributed by atoms with Gasteiger partial charge in [0.25, 0.3) is 0 Å². The number of piperazine rings is 1. The standard InChI is InChI=1S/C22H34F2N8O5S/c1-30-13-14(23)10-27-21(30)18(20(25)29-34)22(33)28-17-12-26-11-16(24)19(17)31-4-6-32(7-5-31)38(35,36)15-2-8-37-9-3-15/h11-12,14-15,18,20-21,27H,2-10,13,25H2,1H3,(H,28,33). The average molecular weight is 561 g/mol. The van der Waals surface area contributed by atoms with Crippen LogP contribution in [-0.2, 0) is 19.6 Å². The third-order valence-corrected chi connectivity index (χ3v) is 9.68. The predicted octanol–water partition coefficient (Wildman–Crippen LogP) is -0.343. The number of alkyl halides is 1. The molecule has 212 valence electrons. The van der Waals surface area contributed by atoms with Gasteiger partial charge in [0.1, 0.15) is 17.8 Å². The van der Waals surface area contributed by atoms with Crippen molar-refractivity contribution in [2.75, 3.05) is 69.7 Å². The lowest BCUT2D eigenvalue weighted by Crippen LogP contribution is -2.62. The summed E-state index contributed by atoms with van der Waals surface area (Å²) in [6, 6.07) is 0. The van der Waals surface area contributed by atoms with E-state index in [0.29, 0.717) is 26.1 Å². The van der Waals surface area contributed by atoms with Gasteiger partial charge < -0.3 is 20.7 Å². The third kappa shape index (κ3) is 6.10. The van der Waals surface area contributed by atoms with Crippen LogP contribution in [0.2, 0.25) is 0 Å². The van der Waals surface area contributed by atoms with E-state index in [4.69, 9.17) is 10.5 Å². The molecule has 1 amide bonds. The number of halogens is 2. The minimum Gasteiger partial charge on any atom is -0.381 e. The first-order valence-electron chi connectivity index (χ1n) is 12.5. The molecule has 1 aromatic heterocycles. The number of ether oxygens (including phenoxy) is 1. The fourth-order valence-electron chi connectivity index (χ4n) is 5.25. The smallest absolute Gasteiger partial charge is 0.234 e. The van der Waals surface area contributed by atoms with Crippen molar-refractivity contribution in [3.8, 4) is 0 Å². The number of nitrogens with two attached hydrogens (primary N) is 1. The molecule has 1 aromatic rings. The molecule has 4 unspecified atom stereocenters.